The van der Waals surface area contributed by atoms with Crippen LogP contribution in [-0.2, 0) is 33.6 Å². The standard InChI is InChI=1S/C34H36N6O12/c35-25(41)11-9-22(32(50)37-16-28(45)46)39-33(51)24-6-3-13-40(24)34(52)23(10-12-27(43)44)38-26(42)15-36-31(49)17-7-8-20-21(14-17)18-4-1-2-5-19(18)29(47)30(20)48/h1-2,4-5,7-8,14,22-24H,3,6,9-13,15-16H2,(H2,35,41)(H,36,49)(H,37,50)(H,38,42)(H,39,51)(H,43,44)(H,45,46)/t22-,23-,24-/m0/s1. The largest absolute Gasteiger partial charge is 0.481 e. The number of carbonyl (C=O) groups excluding carboxylic acids is 8. The fraction of sp³-hybridized carbons (Fsp3) is 0.353. The first-order valence-corrected chi connectivity index (χ1v) is 16.2. The smallest absolute Gasteiger partial charge is 0.322 e. The molecule has 1 saturated heterocycles. The number of nitrogens with two attached hydrogens (primary N) is 1. The number of nitrogens with one attached hydrogen (secondary N) is 4. The van der Waals surface area contributed by atoms with Crippen LogP contribution >= 0.6 is 0 Å². The lowest BCUT2D eigenvalue weighted by atomic mass is 9.83. The molecule has 6 amide bonds. The van der Waals surface area contributed by atoms with Crippen molar-refractivity contribution in [2.45, 2.75) is 56.7 Å². The molecule has 3 atom stereocenters. The molecule has 18 heteroatoms. The number of rotatable bonds is 16. The molecule has 0 aromatic heterocycles. The van der Waals surface area contributed by atoms with Crippen LogP contribution in [0, 0.1) is 0 Å². The van der Waals surface area contributed by atoms with E-state index in [1.807, 2.05) is 0 Å². The summed E-state index contributed by atoms with van der Waals surface area (Å²) in [4.78, 5) is 125. The van der Waals surface area contributed by atoms with Crippen LogP contribution in [0.4, 0.5) is 0 Å². The average molecular weight is 721 g/mol. The highest BCUT2D eigenvalue weighted by molar-refractivity contribution is 6.53. The highest BCUT2D eigenvalue weighted by Gasteiger charge is 2.39. The first-order valence-electron chi connectivity index (χ1n) is 16.2. The Bertz CT molecular complexity index is 1840. The van der Waals surface area contributed by atoms with Crippen LogP contribution in [0.1, 0.15) is 69.6 Å². The third-order valence-corrected chi connectivity index (χ3v) is 8.45. The van der Waals surface area contributed by atoms with Gasteiger partial charge in [-0.2, -0.15) is 0 Å². The van der Waals surface area contributed by atoms with E-state index in [1.54, 1.807) is 18.2 Å². The number of primary amides is 1. The minimum absolute atomic E-state index is 0.0415. The van der Waals surface area contributed by atoms with Gasteiger partial charge < -0.3 is 42.1 Å². The number of hydrogen-bond donors (Lipinski definition) is 7. The van der Waals surface area contributed by atoms with Crippen molar-refractivity contribution in [3.8, 4) is 11.1 Å². The van der Waals surface area contributed by atoms with E-state index in [1.165, 1.54) is 24.3 Å². The average Bonchev–Trinajstić information content (AvgIpc) is 3.61. The van der Waals surface area contributed by atoms with E-state index < -0.39 is 96.6 Å². The van der Waals surface area contributed by atoms with Crippen LogP contribution in [0.15, 0.2) is 42.5 Å². The number of carbonyl (C=O) groups is 10. The molecule has 18 nitrogen and oxygen atoms in total. The Hall–Kier alpha value is -6.46. The molecule has 0 bridgehead atoms. The zero-order chi connectivity index (χ0) is 38.1. The minimum Gasteiger partial charge on any atom is -0.481 e. The Kier molecular flexibility index (Phi) is 12.5. The lowest BCUT2D eigenvalue weighted by Gasteiger charge is -2.29. The number of likely N-dealkylation sites (tertiary alicyclic amines) is 1. The van der Waals surface area contributed by atoms with Crippen LogP contribution in [-0.4, -0.2) is 112 Å². The molecule has 1 heterocycles. The quantitative estimate of drug-likeness (QED) is 0.100. The Labute approximate surface area is 295 Å². The number of nitrogens with zero attached hydrogens (tertiary/aromatic N) is 1. The van der Waals surface area contributed by atoms with Crippen molar-refractivity contribution >= 4 is 58.9 Å². The van der Waals surface area contributed by atoms with Gasteiger partial charge in [-0.3, -0.25) is 47.9 Å². The molecule has 1 fully saturated rings. The summed E-state index contributed by atoms with van der Waals surface area (Å²) in [6.07, 6.45) is -1.01. The monoisotopic (exact) mass is 720 g/mol. The van der Waals surface area contributed by atoms with Gasteiger partial charge in [0.25, 0.3) is 5.91 Å². The zero-order valence-electron chi connectivity index (χ0n) is 27.6. The Morgan fingerprint density at radius 1 is 0.769 bits per heavy atom. The second-order valence-electron chi connectivity index (χ2n) is 12.1. The summed E-state index contributed by atoms with van der Waals surface area (Å²) in [7, 11) is 0. The number of hydrogen-bond acceptors (Lipinski definition) is 10. The predicted octanol–water partition coefficient (Wildman–Crippen LogP) is -1.25. The van der Waals surface area contributed by atoms with Gasteiger partial charge in [0.05, 0.1) is 6.54 Å². The molecular weight excluding hydrogens is 684 g/mol. The van der Waals surface area contributed by atoms with Crippen molar-refractivity contribution < 1.29 is 58.2 Å². The number of Topliss-reactive ketones (excluding diaryl/α,β-unsaturated/α-hetero) is 2. The van der Waals surface area contributed by atoms with Gasteiger partial charge in [-0.1, -0.05) is 24.3 Å². The van der Waals surface area contributed by atoms with Gasteiger partial charge in [0.2, 0.25) is 41.1 Å². The van der Waals surface area contributed by atoms with Crippen molar-refractivity contribution in [2.24, 2.45) is 5.73 Å². The molecule has 0 radical (unpaired) electrons. The first-order chi connectivity index (χ1) is 24.7. The predicted molar refractivity (Wildman–Crippen MR) is 177 cm³/mol. The lowest BCUT2D eigenvalue weighted by Crippen LogP contribution is -2.57. The normalized spacial score (nSPS) is 15.7. The lowest BCUT2D eigenvalue weighted by molar-refractivity contribution is -0.143. The van der Waals surface area contributed by atoms with E-state index >= 15 is 0 Å². The number of amides is 6. The van der Waals surface area contributed by atoms with E-state index in [2.05, 4.69) is 21.3 Å². The molecule has 2 aromatic carbocycles. The molecule has 274 valence electrons. The molecule has 52 heavy (non-hydrogen) atoms. The molecule has 1 aliphatic carbocycles. The summed E-state index contributed by atoms with van der Waals surface area (Å²) < 4.78 is 0. The number of benzene rings is 2. The maximum Gasteiger partial charge on any atom is 0.322 e. The molecule has 1 aliphatic heterocycles. The van der Waals surface area contributed by atoms with Crippen LogP contribution in [0.25, 0.3) is 11.1 Å². The van der Waals surface area contributed by atoms with Crippen molar-refractivity contribution in [1.82, 2.24) is 26.2 Å². The Morgan fingerprint density at radius 2 is 1.42 bits per heavy atom. The molecule has 0 unspecified atom stereocenters. The maximum absolute atomic E-state index is 13.7. The number of carboxylic acid groups (broad SMARTS) is 2. The number of ketones is 2. The molecular formula is C34H36N6O12. The summed E-state index contributed by atoms with van der Waals surface area (Å²) in [6, 6.07) is 6.54. The van der Waals surface area contributed by atoms with Gasteiger partial charge in [-0.15, -0.1) is 0 Å². The second kappa shape index (κ2) is 17.0. The van der Waals surface area contributed by atoms with E-state index in [4.69, 9.17) is 10.8 Å². The van der Waals surface area contributed by atoms with E-state index in [0.717, 1.165) is 4.90 Å². The first kappa shape index (κ1) is 38.3. The van der Waals surface area contributed by atoms with Crippen molar-refractivity contribution in [3.05, 3.63) is 59.2 Å². The fourth-order valence-corrected chi connectivity index (χ4v) is 5.91. The minimum atomic E-state index is -1.43. The van der Waals surface area contributed by atoms with Crippen molar-refractivity contribution in [2.75, 3.05) is 19.6 Å². The summed E-state index contributed by atoms with van der Waals surface area (Å²) in [5.41, 5.74) is 6.37. The van der Waals surface area contributed by atoms with E-state index in [-0.39, 0.29) is 48.9 Å². The van der Waals surface area contributed by atoms with Crippen molar-refractivity contribution in [1.29, 1.82) is 0 Å². The van der Waals surface area contributed by atoms with Crippen LogP contribution in [0.3, 0.4) is 0 Å². The highest BCUT2D eigenvalue weighted by atomic mass is 16.4. The molecule has 8 N–H and O–H groups in total. The van der Waals surface area contributed by atoms with Crippen molar-refractivity contribution in [3.63, 3.8) is 0 Å². The Morgan fingerprint density at radius 3 is 2.08 bits per heavy atom. The van der Waals surface area contributed by atoms with Crippen LogP contribution in [0.2, 0.25) is 0 Å². The molecule has 0 spiro atoms. The summed E-state index contributed by atoms with van der Waals surface area (Å²) in [5.74, 6) is -8.87. The summed E-state index contributed by atoms with van der Waals surface area (Å²) in [5, 5.41) is 27.5. The van der Waals surface area contributed by atoms with E-state index in [9.17, 15) is 53.1 Å². The molecule has 2 aromatic rings. The van der Waals surface area contributed by atoms with Crippen LogP contribution < -0.4 is 27.0 Å². The fourth-order valence-electron chi connectivity index (χ4n) is 5.91. The van der Waals surface area contributed by atoms with Gasteiger partial charge in [0.15, 0.2) is 0 Å². The van der Waals surface area contributed by atoms with Gasteiger partial charge in [-0.05, 0) is 55.0 Å². The topological polar surface area (TPSA) is 289 Å². The third kappa shape index (κ3) is 9.40. The summed E-state index contributed by atoms with van der Waals surface area (Å²) >= 11 is 0. The SMILES string of the molecule is NC(=O)CC[C@H](NC(=O)[C@@H]1CCCN1C(=O)[C@H](CCC(=O)O)NC(=O)CNC(=O)c1ccc2c(c1)-c1ccccc1C(=O)C2=O)C(=O)NCC(=O)O. The van der Waals surface area contributed by atoms with Gasteiger partial charge >= 0.3 is 11.9 Å². The highest BCUT2D eigenvalue weighted by Crippen LogP contribution is 2.34. The molecule has 4 rings (SSSR count). The van der Waals surface area contributed by atoms with Gasteiger partial charge in [-0.25, -0.2) is 0 Å². The number of fused-ring (bicyclic) bond motifs is 3. The van der Waals surface area contributed by atoms with Gasteiger partial charge in [0.1, 0.15) is 24.7 Å². The molecule has 0 saturated carbocycles. The zero-order valence-corrected chi connectivity index (χ0v) is 27.6. The Balaban J connectivity index is 1.42. The second-order valence-corrected chi connectivity index (χ2v) is 12.1. The van der Waals surface area contributed by atoms with E-state index in [0.29, 0.717) is 17.5 Å². The third-order valence-electron chi connectivity index (χ3n) is 8.45. The maximum atomic E-state index is 13.7. The number of aliphatic carboxylic acids is 2. The number of carboxylic acids is 2. The van der Waals surface area contributed by atoms with Crippen LogP contribution in [0.5, 0.6) is 0 Å². The molecule has 2 aliphatic rings. The van der Waals surface area contributed by atoms with Gasteiger partial charge in [0, 0.05) is 36.1 Å². The summed E-state index contributed by atoms with van der Waals surface area (Å²) in [6.45, 7) is -1.36.